The van der Waals surface area contributed by atoms with Gasteiger partial charge in [-0.15, -0.1) is 0 Å². The SMILES string of the molecule is C[Si](C)(C)c1c(F)cccc1I. The Balaban J connectivity index is 3.31. The molecule has 0 bridgehead atoms. The zero-order valence-electron chi connectivity index (χ0n) is 7.49. The van der Waals surface area contributed by atoms with Gasteiger partial charge in [0.15, 0.2) is 0 Å². The van der Waals surface area contributed by atoms with Crippen LogP contribution in [0.5, 0.6) is 0 Å². The standard InChI is InChI=1S/C9H12FISi/c1-12(2,3)9-7(10)5-4-6-8(9)11/h4-6H,1-3H3. The molecule has 0 spiro atoms. The highest BCUT2D eigenvalue weighted by atomic mass is 127. The Labute approximate surface area is 87.3 Å². The first-order valence-corrected chi connectivity index (χ1v) is 8.45. The summed E-state index contributed by atoms with van der Waals surface area (Å²) >= 11 is 2.21. The minimum Gasteiger partial charge on any atom is -0.207 e. The summed E-state index contributed by atoms with van der Waals surface area (Å²) in [7, 11) is -1.50. The van der Waals surface area contributed by atoms with Crippen LogP contribution in [0.3, 0.4) is 0 Å². The fourth-order valence-electron chi connectivity index (χ4n) is 1.21. The van der Waals surface area contributed by atoms with Gasteiger partial charge in [-0.05, 0) is 39.9 Å². The number of halogens is 2. The molecule has 66 valence electrons. The Morgan fingerprint density at radius 3 is 2.17 bits per heavy atom. The minimum atomic E-state index is -1.50. The van der Waals surface area contributed by atoms with Crippen molar-refractivity contribution in [1.29, 1.82) is 0 Å². The molecule has 3 heteroatoms. The monoisotopic (exact) mass is 294 g/mol. The third kappa shape index (κ3) is 2.07. The van der Waals surface area contributed by atoms with Crippen LogP contribution in [0.4, 0.5) is 4.39 Å². The van der Waals surface area contributed by atoms with E-state index in [1.807, 2.05) is 6.07 Å². The van der Waals surface area contributed by atoms with E-state index in [1.165, 1.54) is 0 Å². The maximum Gasteiger partial charge on any atom is 0.123 e. The van der Waals surface area contributed by atoms with Crippen molar-refractivity contribution in [3.63, 3.8) is 0 Å². The first kappa shape index (κ1) is 10.2. The van der Waals surface area contributed by atoms with E-state index in [9.17, 15) is 4.39 Å². The van der Waals surface area contributed by atoms with Crippen molar-refractivity contribution >= 4 is 35.9 Å². The van der Waals surface area contributed by atoms with Crippen molar-refractivity contribution < 1.29 is 4.39 Å². The minimum absolute atomic E-state index is 0.0407. The molecule has 0 saturated heterocycles. The second-order valence-electron chi connectivity index (χ2n) is 3.85. The molecule has 0 amide bonds. The van der Waals surface area contributed by atoms with Crippen LogP contribution in [0, 0.1) is 9.39 Å². The van der Waals surface area contributed by atoms with E-state index in [-0.39, 0.29) is 5.82 Å². The summed E-state index contributed by atoms with van der Waals surface area (Å²) < 4.78 is 14.4. The Kier molecular flexibility index (Phi) is 2.93. The van der Waals surface area contributed by atoms with Gasteiger partial charge in [0.1, 0.15) is 5.82 Å². The summed E-state index contributed by atoms with van der Waals surface area (Å²) in [5, 5.41) is 0.950. The Morgan fingerprint density at radius 1 is 1.25 bits per heavy atom. The number of rotatable bonds is 1. The summed E-state index contributed by atoms with van der Waals surface area (Å²) in [6.07, 6.45) is 0. The molecule has 1 aromatic rings. The smallest absolute Gasteiger partial charge is 0.123 e. The highest BCUT2D eigenvalue weighted by molar-refractivity contribution is 14.1. The topological polar surface area (TPSA) is 0 Å². The van der Waals surface area contributed by atoms with Crippen molar-refractivity contribution in [2.75, 3.05) is 0 Å². The predicted octanol–water partition coefficient (Wildman–Crippen LogP) is 2.98. The molecule has 0 aliphatic carbocycles. The van der Waals surface area contributed by atoms with Crippen molar-refractivity contribution in [1.82, 2.24) is 0 Å². The zero-order chi connectivity index (χ0) is 9.35. The zero-order valence-corrected chi connectivity index (χ0v) is 10.6. The third-order valence-electron chi connectivity index (χ3n) is 1.71. The second kappa shape index (κ2) is 3.45. The molecule has 0 aromatic heterocycles. The van der Waals surface area contributed by atoms with E-state index in [2.05, 4.69) is 42.2 Å². The molecule has 0 atom stereocenters. The molecule has 0 radical (unpaired) electrons. The van der Waals surface area contributed by atoms with Gasteiger partial charge < -0.3 is 0 Å². The lowest BCUT2D eigenvalue weighted by molar-refractivity contribution is 0.634. The average Bonchev–Trinajstić information content (AvgIpc) is 1.82. The second-order valence-corrected chi connectivity index (χ2v) is 10.0. The highest BCUT2D eigenvalue weighted by Gasteiger charge is 2.22. The van der Waals surface area contributed by atoms with Gasteiger partial charge in [-0.2, -0.15) is 0 Å². The van der Waals surface area contributed by atoms with Gasteiger partial charge in [-0.1, -0.05) is 25.7 Å². The van der Waals surface area contributed by atoms with E-state index in [0.29, 0.717) is 0 Å². The summed E-state index contributed by atoms with van der Waals surface area (Å²) in [4.78, 5) is 0. The van der Waals surface area contributed by atoms with E-state index < -0.39 is 8.07 Å². The van der Waals surface area contributed by atoms with Gasteiger partial charge >= 0.3 is 0 Å². The Hall–Kier alpha value is 0.0969. The molecule has 0 N–H and O–H groups in total. The molecule has 0 aliphatic rings. The van der Waals surface area contributed by atoms with Gasteiger partial charge in [0.05, 0.1) is 8.07 Å². The molecule has 0 fully saturated rings. The fraction of sp³-hybridized carbons (Fsp3) is 0.333. The lowest BCUT2D eigenvalue weighted by atomic mass is 10.3. The Morgan fingerprint density at radius 2 is 1.83 bits per heavy atom. The maximum atomic E-state index is 13.4. The van der Waals surface area contributed by atoms with Crippen LogP contribution < -0.4 is 5.19 Å². The molecule has 0 heterocycles. The van der Waals surface area contributed by atoms with E-state index in [4.69, 9.17) is 0 Å². The predicted molar refractivity (Wildman–Crippen MR) is 62.1 cm³/mol. The van der Waals surface area contributed by atoms with Gasteiger partial charge in [0.25, 0.3) is 0 Å². The molecule has 0 nitrogen and oxygen atoms in total. The van der Waals surface area contributed by atoms with Crippen molar-refractivity contribution in [3.8, 4) is 0 Å². The Bertz CT molecular complexity index is 271. The molecular weight excluding hydrogens is 282 g/mol. The average molecular weight is 294 g/mol. The van der Waals surface area contributed by atoms with Crippen LogP contribution in [-0.2, 0) is 0 Å². The number of hydrogen-bond acceptors (Lipinski definition) is 0. The van der Waals surface area contributed by atoms with Crippen LogP contribution in [0.1, 0.15) is 0 Å². The van der Waals surface area contributed by atoms with Crippen LogP contribution in [-0.4, -0.2) is 8.07 Å². The van der Waals surface area contributed by atoms with Crippen LogP contribution in [0.2, 0.25) is 19.6 Å². The van der Waals surface area contributed by atoms with Crippen LogP contribution in [0.25, 0.3) is 0 Å². The quantitative estimate of drug-likeness (QED) is 0.552. The molecule has 0 aliphatic heterocycles. The summed E-state index contributed by atoms with van der Waals surface area (Å²) in [5.74, 6) is -0.0407. The first-order chi connectivity index (χ1) is 5.43. The normalized spacial score (nSPS) is 11.8. The molecule has 12 heavy (non-hydrogen) atoms. The fourth-order valence-corrected chi connectivity index (χ4v) is 5.71. The first-order valence-electron chi connectivity index (χ1n) is 3.87. The van der Waals surface area contributed by atoms with Gasteiger partial charge in [-0.3, -0.25) is 0 Å². The van der Waals surface area contributed by atoms with Crippen LogP contribution in [0.15, 0.2) is 18.2 Å². The highest BCUT2D eigenvalue weighted by Crippen LogP contribution is 2.12. The summed E-state index contributed by atoms with van der Waals surface area (Å²) in [6, 6.07) is 5.29. The van der Waals surface area contributed by atoms with Crippen molar-refractivity contribution in [2.45, 2.75) is 19.6 Å². The molecule has 1 aromatic carbocycles. The van der Waals surface area contributed by atoms with Crippen LogP contribution >= 0.6 is 22.6 Å². The summed E-state index contributed by atoms with van der Waals surface area (Å²) in [6.45, 7) is 6.48. The third-order valence-corrected chi connectivity index (χ3v) is 5.13. The number of hydrogen-bond donors (Lipinski definition) is 0. The molecule has 1 rings (SSSR count). The van der Waals surface area contributed by atoms with E-state index >= 15 is 0 Å². The van der Waals surface area contributed by atoms with Crippen molar-refractivity contribution in [2.24, 2.45) is 0 Å². The lowest BCUT2D eigenvalue weighted by Crippen LogP contribution is -2.42. The number of benzene rings is 1. The molecule has 0 unspecified atom stereocenters. The molecular formula is C9H12FISi. The van der Waals surface area contributed by atoms with E-state index in [0.717, 1.165) is 8.76 Å². The summed E-state index contributed by atoms with van der Waals surface area (Å²) in [5.41, 5.74) is 0. The maximum absolute atomic E-state index is 13.4. The van der Waals surface area contributed by atoms with Gasteiger partial charge in [0.2, 0.25) is 0 Å². The lowest BCUT2D eigenvalue weighted by Gasteiger charge is -2.18. The largest absolute Gasteiger partial charge is 0.207 e. The van der Waals surface area contributed by atoms with Crippen molar-refractivity contribution in [3.05, 3.63) is 27.6 Å². The van der Waals surface area contributed by atoms with Gasteiger partial charge in [0, 0.05) is 3.57 Å². The molecule has 0 saturated carbocycles. The van der Waals surface area contributed by atoms with E-state index in [1.54, 1.807) is 12.1 Å². The van der Waals surface area contributed by atoms with Gasteiger partial charge in [-0.25, -0.2) is 4.39 Å².